The summed E-state index contributed by atoms with van der Waals surface area (Å²) in [6, 6.07) is 12.2. The van der Waals surface area contributed by atoms with Gasteiger partial charge in [0.1, 0.15) is 4.99 Å². The first kappa shape index (κ1) is 9.37. The van der Waals surface area contributed by atoms with Gasteiger partial charge in [0.05, 0.1) is 4.88 Å². The molecule has 0 saturated heterocycles. The van der Waals surface area contributed by atoms with Gasteiger partial charge in [0.25, 0.3) is 0 Å². The van der Waals surface area contributed by atoms with Gasteiger partial charge in [-0.1, -0.05) is 42.5 Å². The van der Waals surface area contributed by atoms with Crippen LogP contribution in [0.4, 0.5) is 0 Å². The van der Waals surface area contributed by atoms with E-state index in [1.54, 1.807) is 11.3 Å². The SMILES string of the molecule is NC(=S)c1cc(-c2ccccc2)cs1. The lowest BCUT2D eigenvalue weighted by molar-refractivity contribution is 1.67. The number of nitrogens with two attached hydrogens (primary N) is 1. The lowest BCUT2D eigenvalue weighted by Gasteiger charge is -1.94. The summed E-state index contributed by atoms with van der Waals surface area (Å²) in [5, 5.41) is 2.07. The first-order valence-corrected chi connectivity index (χ1v) is 5.50. The van der Waals surface area contributed by atoms with Crippen LogP contribution in [0.1, 0.15) is 4.88 Å². The number of rotatable bonds is 2. The second-order valence-electron chi connectivity index (χ2n) is 2.93. The summed E-state index contributed by atoms with van der Waals surface area (Å²) in [5.74, 6) is 0. The molecule has 1 heterocycles. The number of thiophene rings is 1. The van der Waals surface area contributed by atoms with Crippen molar-refractivity contribution in [2.45, 2.75) is 0 Å². The summed E-state index contributed by atoms with van der Waals surface area (Å²) in [4.78, 5) is 1.44. The highest BCUT2D eigenvalue weighted by Gasteiger charge is 2.03. The highest BCUT2D eigenvalue weighted by molar-refractivity contribution is 7.81. The zero-order valence-corrected chi connectivity index (χ0v) is 9.07. The summed E-state index contributed by atoms with van der Waals surface area (Å²) in [5.41, 5.74) is 7.93. The molecule has 0 aliphatic heterocycles. The summed E-state index contributed by atoms with van der Waals surface area (Å²) >= 11 is 6.50. The quantitative estimate of drug-likeness (QED) is 0.786. The van der Waals surface area contributed by atoms with Crippen LogP contribution in [0.25, 0.3) is 11.1 Å². The monoisotopic (exact) mass is 219 g/mol. The molecule has 2 rings (SSSR count). The maximum Gasteiger partial charge on any atom is 0.114 e. The second kappa shape index (κ2) is 3.90. The fourth-order valence-corrected chi connectivity index (χ4v) is 2.22. The van der Waals surface area contributed by atoms with E-state index in [2.05, 4.69) is 17.5 Å². The first-order chi connectivity index (χ1) is 6.77. The Kier molecular flexibility index (Phi) is 2.61. The van der Waals surface area contributed by atoms with Crippen molar-refractivity contribution < 1.29 is 0 Å². The van der Waals surface area contributed by atoms with Crippen molar-refractivity contribution >= 4 is 28.5 Å². The van der Waals surface area contributed by atoms with Gasteiger partial charge in [-0.3, -0.25) is 0 Å². The van der Waals surface area contributed by atoms with Gasteiger partial charge >= 0.3 is 0 Å². The molecular formula is C11H9NS2. The van der Waals surface area contributed by atoms with Crippen molar-refractivity contribution in [2.75, 3.05) is 0 Å². The predicted molar refractivity (Wildman–Crippen MR) is 65.6 cm³/mol. The Morgan fingerprint density at radius 3 is 2.43 bits per heavy atom. The third-order valence-corrected chi connectivity index (χ3v) is 3.26. The van der Waals surface area contributed by atoms with Crippen LogP contribution in [-0.2, 0) is 0 Å². The molecule has 2 N–H and O–H groups in total. The Balaban J connectivity index is 2.39. The van der Waals surface area contributed by atoms with E-state index in [9.17, 15) is 0 Å². The fraction of sp³-hybridized carbons (Fsp3) is 0. The van der Waals surface area contributed by atoms with Gasteiger partial charge < -0.3 is 5.73 Å². The van der Waals surface area contributed by atoms with Crippen LogP contribution in [0.5, 0.6) is 0 Å². The number of hydrogen-bond donors (Lipinski definition) is 1. The van der Waals surface area contributed by atoms with Crippen LogP contribution < -0.4 is 5.73 Å². The maximum atomic E-state index is 5.55. The van der Waals surface area contributed by atoms with E-state index in [1.807, 2.05) is 24.3 Å². The van der Waals surface area contributed by atoms with Gasteiger partial charge in [0, 0.05) is 0 Å². The number of benzene rings is 1. The Morgan fingerprint density at radius 2 is 1.86 bits per heavy atom. The number of thiocarbonyl (C=S) groups is 1. The van der Waals surface area contributed by atoms with Crippen molar-refractivity contribution in [3.05, 3.63) is 46.7 Å². The first-order valence-electron chi connectivity index (χ1n) is 4.21. The zero-order valence-electron chi connectivity index (χ0n) is 7.44. The molecule has 0 aliphatic carbocycles. The van der Waals surface area contributed by atoms with E-state index in [1.165, 1.54) is 11.1 Å². The molecule has 1 aromatic carbocycles. The molecule has 0 unspecified atom stereocenters. The molecule has 2 aromatic rings. The topological polar surface area (TPSA) is 26.0 Å². The van der Waals surface area contributed by atoms with E-state index >= 15 is 0 Å². The molecule has 0 aliphatic rings. The molecule has 14 heavy (non-hydrogen) atoms. The van der Waals surface area contributed by atoms with Crippen molar-refractivity contribution in [3.63, 3.8) is 0 Å². The van der Waals surface area contributed by atoms with E-state index in [0.29, 0.717) is 4.99 Å². The summed E-state index contributed by atoms with van der Waals surface area (Å²) in [7, 11) is 0. The Bertz CT molecular complexity index is 445. The van der Waals surface area contributed by atoms with E-state index in [0.717, 1.165) is 4.88 Å². The zero-order chi connectivity index (χ0) is 9.97. The van der Waals surface area contributed by atoms with Crippen molar-refractivity contribution in [1.82, 2.24) is 0 Å². The Morgan fingerprint density at radius 1 is 1.14 bits per heavy atom. The lowest BCUT2D eigenvalue weighted by Crippen LogP contribution is -2.06. The Labute approximate surface area is 92.2 Å². The average Bonchev–Trinajstić information content (AvgIpc) is 2.68. The molecule has 0 saturated carbocycles. The summed E-state index contributed by atoms with van der Waals surface area (Å²) < 4.78 is 0. The van der Waals surface area contributed by atoms with E-state index < -0.39 is 0 Å². The van der Waals surface area contributed by atoms with Gasteiger partial charge in [0.15, 0.2) is 0 Å². The van der Waals surface area contributed by atoms with Crippen LogP contribution in [-0.4, -0.2) is 4.99 Å². The minimum Gasteiger partial charge on any atom is -0.389 e. The molecule has 0 bridgehead atoms. The van der Waals surface area contributed by atoms with Gasteiger partial charge in [-0.25, -0.2) is 0 Å². The van der Waals surface area contributed by atoms with Crippen LogP contribution >= 0.6 is 23.6 Å². The smallest absolute Gasteiger partial charge is 0.114 e. The third kappa shape index (κ3) is 1.84. The highest BCUT2D eigenvalue weighted by Crippen LogP contribution is 2.25. The molecule has 70 valence electrons. The third-order valence-electron chi connectivity index (χ3n) is 1.95. The molecule has 0 spiro atoms. The molecule has 1 aromatic heterocycles. The van der Waals surface area contributed by atoms with Gasteiger partial charge in [-0.15, -0.1) is 11.3 Å². The molecule has 1 nitrogen and oxygen atoms in total. The second-order valence-corrected chi connectivity index (χ2v) is 4.28. The van der Waals surface area contributed by atoms with Crippen LogP contribution in [0, 0.1) is 0 Å². The van der Waals surface area contributed by atoms with Crippen molar-refractivity contribution in [1.29, 1.82) is 0 Å². The molecular weight excluding hydrogens is 210 g/mol. The van der Waals surface area contributed by atoms with E-state index in [-0.39, 0.29) is 0 Å². The Hall–Kier alpha value is -1.19. The lowest BCUT2D eigenvalue weighted by atomic mass is 10.1. The van der Waals surface area contributed by atoms with Crippen molar-refractivity contribution in [2.24, 2.45) is 5.73 Å². The van der Waals surface area contributed by atoms with Gasteiger partial charge in [-0.05, 0) is 22.6 Å². The van der Waals surface area contributed by atoms with Crippen LogP contribution in [0.2, 0.25) is 0 Å². The standard InChI is InChI=1S/C11H9NS2/c12-11(13)10-6-9(7-14-10)8-4-2-1-3-5-8/h1-7H,(H2,12,13). The minimum atomic E-state index is 0.470. The average molecular weight is 219 g/mol. The van der Waals surface area contributed by atoms with Crippen LogP contribution in [0.15, 0.2) is 41.8 Å². The minimum absolute atomic E-state index is 0.470. The summed E-state index contributed by atoms with van der Waals surface area (Å²) in [6.45, 7) is 0. The van der Waals surface area contributed by atoms with Crippen molar-refractivity contribution in [3.8, 4) is 11.1 Å². The molecule has 0 atom stereocenters. The largest absolute Gasteiger partial charge is 0.389 e. The normalized spacial score (nSPS) is 10.0. The van der Waals surface area contributed by atoms with Gasteiger partial charge in [-0.2, -0.15) is 0 Å². The molecule has 0 radical (unpaired) electrons. The molecule has 0 amide bonds. The number of hydrogen-bond acceptors (Lipinski definition) is 2. The van der Waals surface area contributed by atoms with Gasteiger partial charge in [0.2, 0.25) is 0 Å². The fourth-order valence-electron chi connectivity index (χ4n) is 1.25. The summed E-state index contributed by atoms with van der Waals surface area (Å²) in [6.07, 6.45) is 0. The maximum absolute atomic E-state index is 5.55. The van der Waals surface area contributed by atoms with Crippen LogP contribution in [0.3, 0.4) is 0 Å². The molecule has 0 fully saturated rings. The predicted octanol–water partition coefficient (Wildman–Crippen LogP) is 3.05. The molecule has 3 heteroatoms. The van der Waals surface area contributed by atoms with E-state index in [4.69, 9.17) is 18.0 Å². The highest BCUT2D eigenvalue weighted by atomic mass is 32.1.